The minimum atomic E-state index is -0.151. The van der Waals surface area contributed by atoms with E-state index in [0.29, 0.717) is 34.6 Å². The van der Waals surface area contributed by atoms with Crippen molar-refractivity contribution in [2.75, 3.05) is 44.4 Å². The van der Waals surface area contributed by atoms with Gasteiger partial charge in [-0.3, -0.25) is 4.79 Å². The number of amides is 1. The van der Waals surface area contributed by atoms with E-state index in [9.17, 15) is 4.79 Å². The van der Waals surface area contributed by atoms with Gasteiger partial charge in [0, 0.05) is 18.3 Å². The Morgan fingerprint density at radius 2 is 1.97 bits per heavy atom. The SMILES string of the molecule is CCN(CC)CCOc1cc(NC(=O)CSc2nc3ccccc3o2)ccc1OC. The molecule has 1 N–H and O–H groups in total. The van der Waals surface area contributed by atoms with Gasteiger partial charge in [0.05, 0.1) is 12.9 Å². The zero-order chi connectivity index (χ0) is 21.3. The summed E-state index contributed by atoms with van der Waals surface area (Å²) in [6.07, 6.45) is 0. The monoisotopic (exact) mass is 429 g/mol. The molecule has 1 aromatic heterocycles. The lowest BCUT2D eigenvalue weighted by Crippen LogP contribution is -2.28. The van der Waals surface area contributed by atoms with E-state index in [-0.39, 0.29) is 11.7 Å². The Labute approximate surface area is 180 Å². The number of benzene rings is 2. The number of methoxy groups -OCH3 is 1. The summed E-state index contributed by atoms with van der Waals surface area (Å²) in [5.41, 5.74) is 2.14. The molecule has 7 nitrogen and oxygen atoms in total. The van der Waals surface area contributed by atoms with Gasteiger partial charge in [-0.25, -0.2) is 4.98 Å². The highest BCUT2D eigenvalue weighted by Gasteiger charge is 2.12. The van der Waals surface area contributed by atoms with Gasteiger partial charge >= 0.3 is 0 Å². The number of nitrogens with one attached hydrogen (secondary N) is 1. The molecule has 160 valence electrons. The van der Waals surface area contributed by atoms with Crippen LogP contribution >= 0.6 is 11.8 Å². The third-order valence-electron chi connectivity index (χ3n) is 4.61. The Morgan fingerprint density at radius 3 is 2.70 bits per heavy atom. The third kappa shape index (κ3) is 5.90. The van der Waals surface area contributed by atoms with Crippen molar-refractivity contribution in [3.63, 3.8) is 0 Å². The number of fused-ring (bicyclic) bond motifs is 1. The average Bonchev–Trinajstić information content (AvgIpc) is 3.18. The zero-order valence-corrected chi connectivity index (χ0v) is 18.3. The first-order valence-corrected chi connectivity index (χ1v) is 10.9. The molecule has 0 fully saturated rings. The summed E-state index contributed by atoms with van der Waals surface area (Å²) >= 11 is 1.26. The highest BCUT2D eigenvalue weighted by Crippen LogP contribution is 2.30. The fourth-order valence-electron chi connectivity index (χ4n) is 2.93. The van der Waals surface area contributed by atoms with Gasteiger partial charge in [0.25, 0.3) is 5.22 Å². The van der Waals surface area contributed by atoms with Gasteiger partial charge in [0.2, 0.25) is 5.91 Å². The summed E-state index contributed by atoms with van der Waals surface area (Å²) in [6.45, 7) is 7.57. The molecule has 0 radical (unpaired) electrons. The quantitative estimate of drug-likeness (QED) is 0.456. The molecule has 0 saturated heterocycles. The molecule has 1 amide bonds. The van der Waals surface area contributed by atoms with Crippen molar-refractivity contribution in [2.45, 2.75) is 19.1 Å². The second kappa shape index (κ2) is 10.9. The summed E-state index contributed by atoms with van der Waals surface area (Å²) in [5.74, 6) is 1.28. The van der Waals surface area contributed by atoms with Crippen molar-refractivity contribution in [1.82, 2.24) is 9.88 Å². The molecule has 0 spiro atoms. The number of ether oxygens (including phenoxy) is 2. The number of hydrogen-bond acceptors (Lipinski definition) is 7. The molecule has 0 aliphatic carbocycles. The maximum atomic E-state index is 12.4. The van der Waals surface area contributed by atoms with Gasteiger partial charge in [-0.15, -0.1) is 0 Å². The predicted molar refractivity (Wildman–Crippen MR) is 120 cm³/mol. The Hall–Kier alpha value is -2.71. The third-order valence-corrected chi connectivity index (χ3v) is 5.44. The van der Waals surface area contributed by atoms with Gasteiger partial charge in [0.15, 0.2) is 17.1 Å². The molecular formula is C22H27N3O4S. The van der Waals surface area contributed by atoms with Crippen LogP contribution in [0.1, 0.15) is 13.8 Å². The van der Waals surface area contributed by atoms with Crippen LogP contribution in [-0.4, -0.2) is 54.9 Å². The van der Waals surface area contributed by atoms with Crippen molar-refractivity contribution in [3.05, 3.63) is 42.5 Å². The number of carbonyl (C=O) groups excluding carboxylic acids is 1. The van der Waals surface area contributed by atoms with Crippen LogP contribution in [0.5, 0.6) is 11.5 Å². The number of para-hydroxylation sites is 2. The normalized spacial score (nSPS) is 11.1. The first-order valence-electron chi connectivity index (χ1n) is 9.94. The highest BCUT2D eigenvalue weighted by molar-refractivity contribution is 7.99. The summed E-state index contributed by atoms with van der Waals surface area (Å²) < 4.78 is 16.9. The topological polar surface area (TPSA) is 76.8 Å². The molecule has 0 aliphatic heterocycles. The van der Waals surface area contributed by atoms with Crippen LogP contribution in [0.25, 0.3) is 11.1 Å². The lowest BCUT2D eigenvalue weighted by Gasteiger charge is -2.19. The van der Waals surface area contributed by atoms with E-state index < -0.39 is 0 Å². The minimum absolute atomic E-state index is 0.151. The summed E-state index contributed by atoms with van der Waals surface area (Å²) in [7, 11) is 1.60. The van der Waals surface area contributed by atoms with E-state index in [1.54, 1.807) is 25.3 Å². The smallest absolute Gasteiger partial charge is 0.257 e. The number of likely N-dealkylation sites (N-methyl/N-ethyl adjacent to an activating group) is 1. The molecule has 30 heavy (non-hydrogen) atoms. The molecule has 0 bridgehead atoms. The fraction of sp³-hybridized carbons (Fsp3) is 0.364. The zero-order valence-electron chi connectivity index (χ0n) is 17.5. The number of oxazole rings is 1. The molecule has 8 heteroatoms. The maximum absolute atomic E-state index is 12.4. The highest BCUT2D eigenvalue weighted by atomic mass is 32.2. The Balaban J connectivity index is 1.56. The van der Waals surface area contributed by atoms with Crippen LogP contribution in [0.3, 0.4) is 0 Å². The van der Waals surface area contributed by atoms with E-state index in [0.717, 1.165) is 25.2 Å². The number of anilines is 1. The second-order valence-electron chi connectivity index (χ2n) is 6.53. The summed E-state index contributed by atoms with van der Waals surface area (Å²) in [5, 5.41) is 3.36. The van der Waals surface area contributed by atoms with Crippen LogP contribution < -0.4 is 14.8 Å². The number of hydrogen-bond donors (Lipinski definition) is 1. The van der Waals surface area contributed by atoms with Crippen LogP contribution in [-0.2, 0) is 4.79 Å². The van der Waals surface area contributed by atoms with Crippen molar-refractivity contribution in [1.29, 1.82) is 0 Å². The molecule has 3 aromatic rings. The van der Waals surface area contributed by atoms with Crippen LogP contribution in [0.2, 0.25) is 0 Å². The van der Waals surface area contributed by atoms with Gasteiger partial charge in [0.1, 0.15) is 12.1 Å². The number of nitrogens with zero attached hydrogens (tertiary/aromatic N) is 2. The number of thioether (sulfide) groups is 1. The second-order valence-corrected chi connectivity index (χ2v) is 7.45. The molecule has 0 aliphatic rings. The fourth-order valence-corrected chi connectivity index (χ4v) is 3.57. The first kappa shape index (κ1) is 22.0. The lowest BCUT2D eigenvalue weighted by atomic mass is 10.2. The molecule has 0 unspecified atom stereocenters. The van der Waals surface area contributed by atoms with Crippen molar-refractivity contribution in [2.24, 2.45) is 0 Å². The Kier molecular flexibility index (Phi) is 7.98. The summed E-state index contributed by atoms with van der Waals surface area (Å²) in [6, 6.07) is 12.9. The predicted octanol–water partition coefficient (Wildman–Crippen LogP) is 4.29. The van der Waals surface area contributed by atoms with E-state index in [2.05, 4.69) is 29.0 Å². The number of rotatable bonds is 11. The standard InChI is InChI=1S/C22H27N3O4S/c1-4-25(5-2)12-13-28-20-14-16(10-11-19(20)27-3)23-21(26)15-30-22-24-17-8-6-7-9-18(17)29-22/h6-11,14H,4-5,12-13,15H2,1-3H3,(H,23,26). The molecular weight excluding hydrogens is 402 g/mol. The van der Waals surface area contributed by atoms with E-state index in [1.807, 2.05) is 24.3 Å². The van der Waals surface area contributed by atoms with E-state index in [4.69, 9.17) is 13.9 Å². The van der Waals surface area contributed by atoms with Gasteiger partial charge < -0.3 is 24.1 Å². The first-order chi connectivity index (χ1) is 14.6. The molecule has 0 saturated carbocycles. The van der Waals surface area contributed by atoms with Crippen molar-refractivity contribution >= 4 is 34.5 Å². The van der Waals surface area contributed by atoms with E-state index >= 15 is 0 Å². The number of aromatic nitrogens is 1. The van der Waals surface area contributed by atoms with Crippen LogP contribution in [0.15, 0.2) is 52.1 Å². The van der Waals surface area contributed by atoms with Crippen LogP contribution in [0, 0.1) is 0 Å². The van der Waals surface area contributed by atoms with Crippen molar-refractivity contribution in [3.8, 4) is 11.5 Å². The average molecular weight is 430 g/mol. The molecule has 3 rings (SSSR count). The van der Waals surface area contributed by atoms with Gasteiger partial charge in [-0.2, -0.15) is 0 Å². The Bertz CT molecular complexity index is 939. The molecule has 2 aromatic carbocycles. The molecule has 0 atom stereocenters. The Morgan fingerprint density at radius 1 is 1.17 bits per heavy atom. The number of carbonyl (C=O) groups is 1. The molecule has 1 heterocycles. The van der Waals surface area contributed by atoms with Crippen molar-refractivity contribution < 1.29 is 18.7 Å². The van der Waals surface area contributed by atoms with Gasteiger partial charge in [-0.1, -0.05) is 37.7 Å². The minimum Gasteiger partial charge on any atom is -0.493 e. The largest absolute Gasteiger partial charge is 0.493 e. The van der Waals surface area contributed by atoms with Crippen LogP contribution in [0.4, 0.5) is 5.69 Å². The maximum Gasteiger partial charge on any atom is 0.257 e. The lowest BCUT2D eigenvalue weighted by molar-refractivity contribution is -0.113. The summed E-state index contributed by atoms with van der Waals surface area (Å²) in [4.78, 5) is 19.0. The van der Waals surface area contributed by atoms with Gasteiger partial charge in [-0.05, 0) is 37.4 Å². The van der Waals surface area contributed by atoms with E-state index in [1.165, 1.54) is 11.8 Å².